The second-order valence-corrected chi connectivity index (χ2v) is 0.947. The van der Waals surface area contributed by atoms with Crippen LogP contribution in [0.4, 0.5) is 0 Å². The molecule has 0 aromatic rings. The number of hydrogen-bond donors (Lipinski definition) is 2. The molecular formula is C3H11ClN2O2. The van der Waals surface area contributed by atoms with Crippen molar-refractivity contribution in [1.82, 2.24) is 0 Å². The van der Waals surface area contributed by atoms with Gasteiger partial charge in [0.25, 0.3) is 0 Å². The van der Waals surface area contributed by atoms with Crippen LogP contribution in [0, 0.1) is 0 Å². The summed E-state index contributed by atoms with van der Waals surface area (Å²) in [4.78, 5) is 9.93. The monoisotopic (exact) mass is 142 g/mol. The van der Waals surface area contributed by atoms with E-state index in [2.05, 4.69) is 0 Å². The third-order valence-electron chi connectivity index (χ3n) is 0.455. The van der Waals surface area contributed by atoms with Gasteiger partial charge in [-0.3, -0.25) is 4.79 Å². The van der Waals surface area contributed by atoms with Gasteiger partial charge in [-0.2, -0.15) is 0 Å². The lowest BCUT2D eigenvalue weighted by Gasteiger charge is -1.82. The molecule has 0 aliphatic rings. The molecule has 0 radical (unpaired) electrons. The lowest BCUT2D eigenvalue weighted by atomic mass is 10.4. The summed E-state index contributed by atoms with van der Waals surface area (Å²) < 4.78 is 0. The third-order valence-corrected chi connectivity index (χ3v) is 0.455. The summed E-state index contributed by atoms with van der Waals surface area (Å²) >= 11 is 0. The highest BCUT2D eigenvalue weighted by molar-refractivity contribution is 5.85. The summed E-state index contributed by atoms with van der Waals surface area (Å²) in [7, 11) is 0. The van der Waals surface area contributed by atoms with Gasteiger partial charge in [0.15, 0.2) is 5.78 Å². The summed E-state index contributed by atoms with van der Waals surface area (Å²) in [5, 5.41) is 0. The molecular weight excluding hydrogens is 131 g/mol. The van der Waals surface area contributed by atoms with Crippen molar-refractivity contribution in [2.24, 2.45) is 11.5 Å². The molecule has 0 fully saturated rings. The van der Waals surface area contributed by atoms with Crippen molar-refractivity contribution in [2.45, 2.75) is 0 Å². The molecule has 52 valence electrons. The molecule has 0 aliphatic heterocycles. The summed E-state index contributed by atoms with van der Waals surface area (Å²) in [5.74, 6) is -0.102. The van der Waals surface area contributed by atoms with Crippen molar-refractivity contribution < 1.29 is 10.3 Å². The first-order valence-electron chi connectivity index (χ1n) is 1.73. The van der Waals surface area contributed by atoms with Gasteiger partial charge in [-0.05, 0) is 0 Å². The molecule has 0 atom stereocenters. The van der Waals surface area contributed by atoms with E-state index < -0.39 is 0 Å². The van der Waals surface area contributed by atoms with Gasteiger partial charge in [0.05, 0.1) is 13.1 Å². The van der Waals surface area contributed by atoms with Crippen molar-refractivity contribution in [3.8, 4) is 0 Å². The van der Waals surface area contributed by atoms with Gasteiger partial charge in [-0.1, -0.05) is 0 Å². The van der Waals surface area contributed by atoms with E-state index in [0.29, 0.717) is 0 Å². The van der Waals surface area contributed by atoms with Crippen molar-refractivity contribution in [2.75, 3.05) is 13.1 Å². The number of rotatable bonds is 2. The Morgan fingerprint density at radius 1 is 1.25 bits per heavy atom. The minimum Gasteiger partial charge on any atom is -0.412 e. The predicted molar refractivity (Wildman–Crippen MR) is 34.0 cm³/mol. The Labute approximate surface area is 53.9 Å². The highest BCUT2D eigenvalue weighted by Gasteiger charge is 1.87. The maximum atomic E-state index is 9.93. The van der Waals surface area contributed by atoms with Gasteiger partial charge >= 0.3 is 0 Å². The Kier molecular flexibility index (Phi) is 19.5. The zero-order valence-corrected chi connectivity index (χ0v) is 5.20. The normalized spacial score (nSPS) is 6.25. The molecule has 0 heterocycles. The van der Waals surface area contributed by atoms with Crippen LogP contribution >= 0.6 is 12.4 Å². The second kappa shape index (κ2) is 9.96. The molecule has 0 saturated heterocycles. The molecule has 0 spiro atoms. The first-order chi connectivity index (χ1) is 2.81. The van der Waals surface area contributed by atoms with E-state index in [-0.39, 0.29) is 36.8 Å². The SMILES string of the molecule is Cl.NCC(=O)CN.O. The number of nitrogens with two attached hydrogens (primary N) is 2. The molecule has 0 aliphatic carbocycles. The van der Waals surface area contributed by atoms with Crippen LogP contribution in [-0.4, -0.2) is 24.3 Å². The van der Waals surface area contributed by atoms with Crippen LogP contribution in [-0.2, 0) is 4.79 Å². The van der Waals surface area contributed by atoms with Gasteiger partial charge in [0, 0.05) is 0 Å². The van der Waals surface area contributed by atoms with Crippen LogP contribution < -0.4 is 11.5 Å². The molecule has 0 aromatic carbocycles. The van der Waals surface area contributed by atoms with Gasteiger partial charge < -0.3 is 16.9 Å². The van der Waals surface area contributed by atoms with Crippen molar-refractivity contribution in [3.63, 3.8) is 0 Å². The molecule has 0 saturated carbocycles. The largest absolute Gasteiger partial charge is 0.412 e. The molecule has 8 heavy (non-hydrogen) atoms. The molecule has 4 nitrogen and oxygen atoms in total. The molecule has 0 unspecified atom stereocenters. The van der Waals surface area contributed by atoms with Gasteiger partial charge in [0.2, 0.25) is 0 Å². The van der Waals surface area contributed by atoms with Crippen LogP contribution in [0.15, 0.2) is 0 Å². The lowest BCUT2D eigenvalue weighted by molar-refractivity contribution is -0.116. The Bertz CT molecular complexity index is 53.2. The second-order valence-electron chi connectivity index (χ2n) is 0.947. The lowest BCUT2D eigenvalue weighted by Crippen LogP contribution is -2.22. The number of carbonyl (C=O) groups excluding carboxylic acids is 1. The average Bonchev–Trinajstić information content (AvgIpc) is 1.65. The number of hydrogen-bond acceptors (Lipinski definition) is 3. The number of halogens is 1. The van der Waals surface area contributed by atoms with Gasteiger partial charge in [0.1, 0.15) is 0 Å². The highest BCUT2D eigenvalue weighted by Crippen LogP contribution is 1.52. The molecule has 0 bridgehead atoms. The Hall–Kier alpha value is -0.160. The average molecular weight is 143 g/mol. The van der Waals surface area contributed by atoms with Crippen molar-refractivity contribution >= 4 is 18.2 Å². The van der Waals surface area contributed by atoms with Gasteiger partial charge in [-0.25, -0.2) is 0 Å². The number of ketones is 1. The van der Waals surface area contributed by atoms with E-state index in [1.54, 1.807) is 0 Å². The molecule has 0 rings (SSSR count). The Morgan fingerprint density at radius 3 is 1.50 bits per heavy atom. The zero-order chi connectivity index (χ0) is 4.99. The van der Waals surface area contributed by atoms with Crippen LogP contribution in [0.1, 0.15) is 0 Å². The fourth-order valence-corrected chi connectivity index (χ4v) is 0.0833. The smallest absolute Gasteiger partial charge is 0.159 e. The zero-order valence-electron chi connectivity index (χ0n) is 4.39. The standard InChI is InChI=1S/C3H8N2O.ClH.H2O/c4-1-3(6)2-5;;/h1-2,4-5H2;1H;1H2. The first kappa shape index (κ1) is 15.7. The molecule has 0 amide bonds. The van der Waals surface area contributed by atoms with E-state index in [9.17, 15) is 4.79 Å². The summed E-state index contributed by atoms with van der Waals surface area (Å²) in [6, 6.07) is 0. The Morgan fingerprint density at radius 2 is 1.50 bits per heavy atom. The van der Waals surface area contributed by atoms with Crippen LogP contribution in [0.2, 0.25) is 0 Å². The summed E-state index contributed by atoms with van der Waals surface area (Å²) in [6.07, 6.45) is 0. The minimum absolute atomic E-state index is 0. The van der Waals surface area contributed by atoms with E-state index in [4.69, 9.17) is 11.5 Å². The van der Waals surface area contributed by atoms with E-state index >= 15 is 0 Å². The fourth-order valence-electron chi connectivity index (χ4n) is 0.0833. The van der Waals surface area contributed by atoms with Gasteiger partial charge in [-0.15, -0.1) is 12.4 Å². The maximum Gasteiger partial charge on any atom is 0.159 e. The van der Waals surface area contributed by atoms with E-state index in [1.807, 2.05) is 0 Å². The summed E-state index contributed by atoms with van der Waals surface area (Å²) in [6.45, 7) is 0.132. The molecule has 0 aromatic heterocycles. The van der Waals surface area contributed by atoms with Crippen LogP contribution in [0.3, 0.4) is 0 Å². The third kappa shape index (κ3) is 9.28. The molecule has 5 heteroatoms. The van der Waals surface area contributed by atoms with Crippen molar-refractivity contribution in [3.05, 3.63) is 0 Å². The van der Waals surface area contributed by atoms with Crippen LogP contribution in [0.5, 0.6) is 0 Å². The first-order valence-corrected chi connectivity index (χ1v) is 1.73. The molecule has 6 N–H and O–H groups in total. The van der Waals surface area contributed by atoms with Crippen molar-refractivity contribution in [1.29, 1.82) is 0 Å². The number of Topliss-reactive ketones (excluding diaryl/α,β-unsaturated/α-hetero) is 1. The topological polar surface area (TPSA) is 101 Å². The van der Waals surface area contributed by atoms with Crippen LogP contribution in [0.25, 0.3) is 0 Å². The number of carbonyl (C=O) groups is 1. The highest BCUT2D eigenvalue weighted by atomic mass is 35.5. The Balaban J connectivity index is -0.000000125. The van der Waals surface area contributed by atoms with E-state index in [0.717, 1.165) is 0 Å². The van der Waals surface area contributed by atoms with E-state index in [1.165, 1.54) is 0 Å². The summed E-state index contributed by atoms with van der Waals surface area (Å²) in [5.41, 5.74) is 9.71. The maximum absolute atomic E-state index is 9.93. The quantitative estimate of drug-likeness (QED) is 0.470. The minimum atomic E-state index is -0.102. The predicted octanol–water partition coefficient (Wildman–Crippen LogP) is -1.93. The fraction of sp³-hybridized carbons (Fsp3) is 0.667.